The van der Waals surface area contributed by atoms with E-state index in [9.17, 15) is 0 Å². The highest BCUT2D eigenvalue weighted by atomic mass is 32.1. The summed E-state index contributed by atoms with van der Waals surface area (Å²) in [7, 11) is 0. The van der Waals surface area contributed by atoms with E-state index in [2.05, 4.69) is 20.0 Å². The maximum absolute atomic E-state index is 5.34. The Bertz CT molecular complexity index is 285. The Kier molecular flexibility index (Phi) is 3.28. The molecule has 1 atom stereocenters. The molecule has 0 bridgehead atoms. The highest BCUT2D eigenvalue weighted by Gasteiger charge is 2.12. The predicted molar refractivity (Wildman–Crippen MR) is 55.7 cm³/mol. The van der Waals surface area contributed by atoms with Crippen LogP contribution in [-0.2, 0) is 4.74 Å². The molecule has 0 saturated carbocycles. The summed E-state index contributed by atoms with van der Waals surface area (Å²) in [6.07, 6.45) is 0. The molecule has 2 N–H and O–H groups in total. The van der Waals surface area contributed by atoms with E-state index in [0.29, 0.717) is 6.04 Å². The number of morpholine rings is 1. The molecule has 1 fully saturated rings. The van der Waals surface area contributed by atoms with Gasteiger partial charge < -0.3 is 15.4 Å². The lowest BCUT2D eigenvalue weighted by atomic mass is 10.3. The zero-order valence-corrected chi connectivity index (χ0v) is 8.93. The van der Waals surface area contributed by atoms with Gasteiger partial charge in [0.2, 0.25) is 5.13 Å². The zero-order chi connectivity index (χ0) is 9.80. The number of nitrogens with zero attached hydrogens (tertiary/aromatic N) is 2. The molecule has 0 aliphatic carbocycles. The van der Waals surface area contributed by atoms with E-state index in [1.165, 1.54) is 11.5 Å². The largest absolute Gasteiger partial charge is 0.378 e. The predicted octanol–water partition coefficient (Wildman–Crippen LogP) is 0.247. The molecule has 2 heterocycles. The molecule has 0 spiro atoms. The zero-order valence-electron chi connectivity index (χ0n) is 8.12. The molecule has 1 aliphatic rings. The molecule has 1 aromatic rings. The summed E-state index contributed by atoms with van der Waals surface area (Å²) in [5.74, 6) is 0.824. The lowest BCUT2D eigenvalue weighted by molar-refractivity contribution is 0.0806. The van der Waals surface area contributed by atoms with Crippen LogP contribution in [0.25, 0.3) is 0 Å². The van der Waals surface area contributed by atoms with Gasteiger partial charge in [-0.15, -0.1) is 0 Å². The number of ether oxygens (including phenoxy) is 1. The molecule has 14 heavy (non-hydrogen) atoms. The van der Waals surface area contributed by atoms with Crippen molar-refractivity contribution < 1.29 is 4.74 Å². The first-order valence-electron chi connectivity index (χ1n) is 4.70. The van der Waals surface area contributed by atoms with Crippen LogP contribution in [-0.4, -0.2) is 41.7 Å². The maximum atomic E-state index is 5.34. The van der Waals surface area contributed by atoms with Crippen molar-refractivity contribution in [1.82, 2.24) is 14.7 Å². The van der Waals surface area contributed by atoms with Gasteiger partial charge in [-0.25, -0.2) is 4.98 Å². The molecular weight excluding hydrogens is 200 g/mol. The molecule has 78 valence electrons. The van der Waals surface area contributed by atoms with Crippen LogP contribution in [0.15, 0.2) is 0 Å². The Morgan fingerprint density at radius 1 is 1.71 bits per heavy atom. The molecule has 0 aromatic carbocycles. The van der Waals surface area contributed by atoms with E-state index in [1.807, 2.05) is 6.92 Å². The molecule has 2 rings (SSSR count). The van der Waals surface area contributed by atoms with Crippen LogP contribution in [0.4, 0.5) is 5.13 Å². The van der Waals surface area contributed by atoms with E-state index in [0.717, 1.165) is 37.3 Å². The van der Waals surface area contributed by atoms with Gasteiger partial charge in [-0.2, -0.15) is 4.37 Å². The maximum Gasteiger partial charge on any atom is 0.202 e. The number of hydrogen-bond donors (Lipinski definition) is 2. The van der Waals surface area contributed by atoms with Crippen LogP contribution in [0.3, 0.4) is 0 Å². The van der Waals surface area contributed by atoms with Gasteiger partial charge >= 0.3 is 0 Å². The minimum Gasteiger partial charge on any atom is -0.378 e. The summed E-state index contributed by atoms with van der Waals surface area (Å²) < 4.78 is 9.44. The number of aromatic nitrogens is 2. The quantitative estimate of drug-likeness (QED) is 0.755. The van der Waals surface area contributed by atoms with Crippen LogP contribution < -0.4 is 10.6 Å². The Hall–Kier alpha value is -0.720. The molecular formula is C8H14N4OS. The van der Waals surface area contributed by atoms with Crippen LogP contribution in [0, 0.1) is 6.92 Å². The molecule has 1 aliphatic heterocycles. The second-order valence-electron chi connectivity index (χ2n) is 3.25. The summed E-state index contributed by atoms with van der Waals surface area (Å²) in [5, 5.41) is 7.49. The third-order valence-electron chi connectivity index (χ3n) is 2.03. The number of anilines is 1. The monoisotopic (exact) mass is 214 g/mol. The van der Waals surface area contributed by atoms with Crippen molar-refractivity contribution in [3.8, 4) is 0 Å². The average molecular weight is 214 g/mol. The summed E-state index contributed by atoms with van der Waals surface area (Å²) in [5.41, 5.74) is 0. The highest BCUT2D eigenvalue weighted by Crippen LogP contribution is 2.09. The molecule has 1 aromatic heterocycles. The van der Waals surface area contributed by atoms with Gasteiger partial charge in [-0.3, -0.25) is 0 Å². The molecule has 1 saturated heterocycles. The van der Waals surface area contributed by atoms with Gasteiger partial charge in [0.15, 0.2) is 0 Å². The molecule has 6 heteroatoms. The van der Waals surface area contributed by atoms with Gasteiger partial charge in [0.05, 0.1) is 13.2 Å². The summed E-state index contributed by atoms with van der Waals surface area (Å²) in [6.45, 7) is 5.25. The van der Waals surface area contributed by atoms with Crippen LogP contribution in [0.2, 0.25) is 0 Å². The highest BCUT2D eigenvalue weighted by molar-refractivity contribution is 7.09. The van der Waals surface area contributed by atoms with E-state index in [1.54, 1.807) is 0 Å². The second-order valence-corrected chi connectivity index (χ2v) is 4.01. The first-order chi connectivity index (χ1) is 6.84. The van der Waals surface area contributed by atoms with Crippen molar-refractivity contribution in [2.75, 3.05) is 31.6 Å². The SMILES string of the molecule is Cc1nsc(NCC2COCCN2)n1. The fraction of sp³-hybridized carbons (Fsp3) is 0.750. The number of hydrogen-bond acceptors (Lipinski definition) is 6. The first kappa shape index (κ1) is 9.82. The van der Waals surface area contributed by atoms with Crippen molar-refractivity contribution in [2.45, 2.75) is 13.0 Å². The minimum absolute atomic E-state index is 0.382. The van der Waals surface area contributed by atoms with Crippen molar-refractivity contribution >= 4 is 16.7 Å². The fourth-order valence-corrected chi connectivity index (χ4v) is 1.91. The lowest BCUT2D eigenvalue weighted by Crippen LogP contribution is -2.45. The van der Waals surface area contributed by atoms with E-state index < -0.39 is 0 Å². The van der Waals surface area contributed by atoms with E-state index in [4.69, 9.17) is 4.74 Å². The van der Waals surface area contributed by atoms with Gasteiger partial charge in [-0.05, 0) is 6.92 Å². The van der Waals surface area contributed by atoms with Gasteiger partial charge in [0.25, 0.3) is 0 Å². The van der Waals surface area contributed by atoms with Crippen molar-refractivity contribution in [3.63, 3.8) is 0 Å². The fourth-order valence-electron chi connectivity index (χ4n) is 1.33. The average Bonchev–Trinajstić information content (AvgIpc) is 2.63. The van der Waals surface area contributed by atoms with Crippen LogP contribution >= 0.6 is 11.5 Å². The molecule has 5 nitrogen and oxygen atoms in total. The van der Waals surface area contributed by atoms with Gasteiger partial charge in [0.1, 0.15) is 5.82 Å². The molecule has 1 unspecified atom stereocenters. The third-order valence-corrected chi connectivity index (χ3v) is 2.79. The third kappa shape index (κ3) is 2.63. The number of nitrogens with one attached hydrogen (secondary N) is 2. The van der Waals surface area contributed by atoms with Crippen molar-refractivity contribution in [1.29, 1.82) is 0 Å². The Morgan fingerprint density at radius 2 is 2.64 bits per heavy atom. The topological polar surface area (TPSA) is 59.1 Å². The van der Waals surface area contributed by atoms with Gasteiger partial charge in [0, 0.05) is 30.7 Å². The van der Waals surface area contributed by atoms with Gasteiger partial charge in [-0.1, -0.05) is 0 Å². The van der Waals surface area contributed by atoms with Crippen molar-refractivity contribution in [2.24, 2.45) is 0 Å². The lowest BCUT2D eigenvalue weighted by Gasteiger charge is -2.23. The number of rotatable bonds is 3. The number of aryl methyl sites for hydroxylation is 1. The molecule has 0 radical (unpaired) electrons. The van der Waals surface area contributed by atoms with E-state index in [-0.39, 0.29) is 0 Å². The minimum atomic E-state index is 0.382. The normalized spacial score (nSPS) is 22.2. The van der Waals surface area contributed by atoms with E-state index >= 15 is 0 Å². The first-order valence-corrected chi connectivity index (χ1v) is 5.47. The standard InChI is InChI=1S/C8H14N4OS/c1-6-11-8(14-12-6)10-4-7-5-13-3-2-9-7/h7,9H,2-5H2,1H3,(H,10,11,12). The van der Waals surface area contributed by atoms with Crippen molar-refractivity contribution in [3.05, 3.63) is 5.82 Å². The summed E-state index contributed by atoms with van der Waals surface area (Å²) in [6, 6.07) is 0.382. The Labute approximate surface area is 87.0 Å². The molecule has 0 amide bonds. The summed E-state index contributed by atoms with van der Waals surface area (Å²) in [4.78, 5) is 4.22. The summed E-state index contributed by atoms with van der Waals surface area (Å²) >= 11 is 1.40. The van der Waals surface area contributed by atoms with Crippen LogP contribution in [0.1, 0.15) is 5.82 Å². The Balaban J connectivity index is 1.76. The smallest absolute Gasteiger partial charge is 0.202 e. The van der Waals surface area contributed by atoms with Crippen LogP contribution in [0.5, 0.6) is 0 Å². The Morgan fingerprint density at radius 3 is 3.29 bits per heavy atom. The second kappa shape index (κ2) is 4.68.